The van der Waals surface area contributed by atoms with E-state index in [9.17, 15) is 9.36 Å². The van der Waals surface area contributed by atoms with Gasteiger partial charge < -0.3 is 19.3 Å². The Labute approximate surface area is 215 Å². The van der Waals surface area contributed by atoms with Crippen LogP contribution in [-0.4, -0.2) is 41.7 Å². The number of phosphoric ester groups is 1. The Hall–Kier alpha value is -0.460. The second-order valence-electron chi connectivity index (χ2n) is 9.73. The minimum atomic E-state index is -4.61. The van der Waals surface area contributed by atoms with E-state index in [1.165, 1.54) is 103 Å². The molecule has 0 heterocycles. The summed E-state index contributed by atoms with van der Waals surface area (Å²) in [6.45, 7) is 4.37. The van der Waals surface area contributed by atoms with Crippen LogP contribution < -0.4 is 0 Å². The summed E-state index contributed by atoms with van der Waals surface area (Å²) >= 11 is 0. The van der Waals surface area contributed by atoms with Crippen molar-refractivity contribution in [3.63, 3.8) is 0 Å². The zero-order chi connectivity index (χ0) is 26.0. The van der Waals surface area contributed by atoms with Gasteiger partial charge in [0.25, 0.3) is 0 Å². The number of esters is 1. The number of unbranched alkanes of at least 4 members (excludes halogenated alkanes) is 17. The number of hydrogen-bond acceptors (Lipinski definition) is 5. The van der Waals surface area contributed by atoms with Crippen LogP contribution in [0.3, 0.4) is 0 Å². The Bertz CT molecular complexity index is 510. The summed E-state index contributed by atoms with van der Waals surface area (Å²) in [7, 11) is -4.61. The van der Waals surface area contributed by atoms with Gasteiger partial charge >= 0.3 is 13.8 Å². The van der Waals surface area contributed by atoms with Crippen molar-refractivity contribution in [3.05, 3.63) is 0 Å². The highest BCUT2D eigenvalue weighted by molar-refractivity contribution is 7.46. The molecule has 8 heteroatoms. The molecule has 35 heavy (non-hydrogen) atoms. The van der Waals surface area contributed by atoms with Gasteiger partial charge in [0.05, 0.1) is 13.2 Å². The van der Waals surface area contributed by atoms with Gasteiger partial charge in [0.1, 0.15) is 6.10 Å². The zero-order valence-corrected chi connectivity index (χ0v) is 23.6. The van der Waals surface area contributed by atoms with Gasteiger partial charge in [-0.1, -0.05) is 123 Å². The molecule has 2 N–H and O–H groups in total. The molecule has 0 radical (unpaired) electrons. The zero-order valence-electron chi connectivity index (χ0n) is 22.7. The van der Waals surface area contributed by atoms with Crippen molar-refractivity contribution >= 4 is 13.8 Å². The van der Waals surface area contributed by atoms with Gasteiger partial charge in [0.2, 0.25) is 0 Å². The van der Waals surface area contributed by atoms with Crippen LogP contribution in [0.1, 0.15) is 142 Å². The molecule has 7 nitrogen and oxygen atoms in total. The van der Waals surface area contributed by atoms with Gasteiger partial charge in [0, 0.05) is 13.0 Å². The number of phosphoric acid groups is 1. The molecule has 0 aromatic heterocycles. The van der Waals surface area contributed by atoms with Gasteiger partial charge in [-0.25, -0.2) is 4.57 Å². The molecule has 0 aliphatic heterocycles. The second-order valence-corrected chi connectivity index (χ2v) is 11.0. The van der Waals surface area contributed by atoms with Crippen LogP contribution in [0.25, 0.3) is 0 Å². The Morgan fingerprint density at radius 3 is 1.49 bits per heavy atom. The predicted octanol–water partition coefficient (Wildman–Crippen LogP) is 7.87. The fraction of sp³-hybridized carbons (Fsp3) is 0.963. The van der Waals surface area contributed by atoms with E-state index in [-0.39, 0.29) is 19.6 Å². The fourth-order valence-corrected chi connectivity index (χ4v) is 4.43. The number of ether oxygens (including phenoxy) is 2. The number of hydrogen-bond donors (Lipinski definition) is 2. The highest BCUT2D eigenvalue weighted by atomic mass is 31.2. The SMILES string of the molecule is CCCCCCCCCCCCCCCCCCCCOC[C@H](COP(=O)(O)O)OC(=O)CCC. The van der Waals surface area contributed by atoms with E-state index in [2.05, 4.69) is 11.4 Å². The lowest BCUT2D eigenvalue weighted by molar-refractivity contribution is -0.154. The van der Waals surface area contributed by atoms with Crippen LogP contribution >= 0.6 is 7.82 Å². The van der Waals surface area contributed by atoms with Crippen LogP contribution in [0.4, 0.5) is 0 Å². The normalized spacial score (nSPS) is 12.7. The van der Waals surface area contributed by atoms with E-state index in [1.54, 1.807) is 0 Å². The summed E-state index contributed by atoms with van der Waals surface area (Å²) in [5.74, 6) is -0.413. The van der Waals surface area contributed by atoms with E-state index >= 15 is 0 Å². The minimum absolute atomic E-state index is 0.0778. The molecule has 0 saturated carbocycles. The molecule has 0 saturated heterocycles. The molecule has 0 aliphatic carbocycles. The molecular formula is C27H55O7P. The standard InChI is InChI=1S/C27H55O7P/c1-3-5-6-7-8-9-10-11-12-13-14-15-16-17-18-19-20-21-23-32-24-26(25-33-35(29,30)31)34-27(28)22-4-2/h26H,3-25H2,1-2H3,(H2,29,30,31)/t26-/m1/s1. The summed E-state index contributed by atoms with van der Waals surface area (Å²) < 4.78 is 26.1. The maximum Gasteiger partial charge on any atom is 0.469 e. The van der Waals surface area contributed by atoms with Crippen LogP contribution in [0.5, 0.6) is 0 Å². The molecule has 0 rings (SSSR count). The smallest absolute Gasteiger partial charge is 0.457 e. The highest BCUT2D eigenvalue weighted by Crippen LogP contribution is 2.35. The van der Waals surface area contributed by atoms with E-state index in [0.29, 0.717) is 13.0 Å². The van der Waals surface area contributed by atoms with Crippen molar-refractivity contribution in [2.75, 3.05) is 19.8 Å². The number of carbonyl (C=O) groups excluding carboxylic acids is 1. The van der Waals surface area contributed by atoms with Crippen molar-refractivity contribution in [2.45, 2.75) is 148 Å². The van der Waals surface area contributed by atoms with Gasteiger partial charge in [-0.2, -0.15) is 0 Å². The summed E-state index contributed by atoms with van der Waals surface area (Å²) in [6, 6.07) is 0. The summed E-state index contributed by atoms with van der Waals surface area (Å²) in [5, 5.41) is 0. The fourth-order valence-electron chi connectivity index (χ4n) is 4.07. The summed E-state index contributed by atoms with van der Waals surface area (Å²) in [5.41, 5.74) is 0. The van der Waals surface area contributed by atoms with Crippen molar-refractivity contribution in [3.8, 4) is 0 Å². The molecular weight excluding hydrogens is 467 g/mol. The Kier molecular flexibility index (Phi) is 24.9. The lowest BCUT2D eigenvalue weighted by Gasteiger charge is -2.18. The lowest BCUT2D eigenvalue weighted by atomic mass is 10.0. The van der Waals surface area contributed by atoms with E-state index in [4.69, 9.17) is 19.3 Å². The second kappa shape index (κ2) is 25.2. The first-order valence-electron chi connectivity index (χ1n) is 14.4. The Balaban J connectivity index is 3.50. The quantitative estimate of drug-likeness (QED) is 0.0643. The number of rotatable bonds is 27. The van der Waals surface area contributed by atoms with E-state index < -0.39 is 19.9 Å². The average Bonchev–Trinajstić information content (AvgIpc) is 2.80. The van der Waals surface area contributed by atoms with Crippen molar-refractivity contribution < 1.29 is 33.1 Å². The molecule has 0 aliphatic rings. The van der Waals surface area contributed by atoms with Gasteiger partial charge in [-0.15, -0.1) is 0 Å². The van der Waals surface area contributed by atoms with Crippen LogP contribution in [0.15, 0.2) is 0 Å². The summed E-state index contributed by atoms with van der Waals surface area (Å²) in [6.07, 6.45) is 24.0. The molecule has 0 aromatic rings. The first kappa shape index (κ1) is 34.5. The molecule has 0 amide bonds. The third kappa shape index (κ3) is 28.0. The molecule has 0 aromatic carbocycles. The third-order valence-electron chi connectivity index (χ3n) is 6.13. The predicted molar refractivity (Wildman–Crippen MR) is 142 cm³/mol. The Morgan fingerprint density at radius 2 is 1.09 bits per heavy atom. The first-order chi connectivity index (χ1) is 16.9. The molecule has 0 fully saturated rings. The van der Waals surface area contributed by atoms with Crippen LogP contribution in [0, 0.1) is 0 Å². The monoisotopic (exact) mass is 522 g/mol. The van der Waals surface area contributed by atoms with E-state index in [0.717, 1.165) is 12.8 Å². The molecule has 1 atom stereocenters. The minimum Gasteiger partial charge on any atom is -0.457 e. The third-order valence-corrected chi connectivity index (χ3v) is 6.61. The van der Waals surface area contributed by atoms with Crippen LogP contribution in [0.2, 0.25) is 0 Å². The maximum atomic E-state index is 11.7. The largest absolute Gasteiger partial charge is 0.469 e. The van der Waals surface area contributed by atoms with Crippen LogP contribution in [-0.2, 0) is 23.4 Å². The topological polar surface area (TPSA) is 102 Å². The lowest BCUT2D eigenvalue weighted by Crippen LogP contribution is -2.28. The number of carbonyl (C=O) groups is 1. The Morgan fingerprint density at radius 1 is 0.657 bits per heavy atom. The first-order valence-corrected chi connectivity index (χ1v) is 15.9. The van der Waals surface area contributed by atoms with Gasteiger partial charge in [0.15, 0.2) is 0 Å². The van der Waals surface area contributed by atoms with Crippen molar-refractivity contribution in [1.29, 1.82) is 0 Å². The molecule has 0 unspecified atom stereocenters. The maximum absolute atomic E-state index is 11.7. The molecule has 0 bridgehead atoms. The van der Waals surface area contributed by atoms with Gasteiger partial charge in [-0.3, -0.25) is 9.32 Å². The highest BCUT2D eigenvalue weighted by Gasteiger charge is 2.21. The van der Waals surface area contributed by atoms with E-state index in [1.807, 2.05) is 6.92 Å². The summed E-state index contributed by atoms with van der Waals surface area (Å²) in [4.78, 5) is 29.4. The van der Waals surface area contributed by atoms with Gasteiger partial charge in [-0.05, 0) is 12.8 Å². The van der Waals surface area contributed by atoms with Crippen molar-refractivity contribution in [2.24, 2.45) is 0 Å². The molecule has 210 valence electrons. The van der Waals surface area contributed by atoms with Crippen molar-refractivity contribution in [1.82, 2.24) is 0 Å². The average molecular weight is 523 g/mol. The molecule has 0 spiro atoms.